The average Bonchev–Trinajstić information content (AvgIpc) is 2.19. The van der Waals surface area contributed by atoms with E-state index in [0.29, 0.717) is 5.75 Å². The van der Waals surface area contributed by atoms with E-state index >= 15 is 0 Å². The monoisotopic (exact) mass is 228 g/mol. The highest BCUT2D eigenvalue weighted by Gasteiger charge is 2.34. The van der Waals surface area contributed by atoms with Crippen molar-refractivity contribution < 1.29 is 17.7 Å². The van der Waals surface area contributed by atoms with Crippen molar-refractivity contribution in [1.82, 2.24) is 0 Å². The molecule has 0 unspecified atom stereocenters. The van der Waals surface area contributed by atoms with Crippen molar-refractivity contribution in [2.24, 2.45) is 0 Å². The number of benzene rings is 1. The molecule has 5 heteroatoms. The normalized spacial score (nSPS) is 16.3. The number of aryl methyl sites for hydroxylation is 1. The largest absolute Gasteiger partial charge is 0.396 e. The highest BCUT2D eigenvalue weighted by atomic mass is 32.2. The third-order valence-corrected chi connectivity index (χ3v) is 3.62. The molecule has 2 rings (SSSR count). The molecule has 0 amide bonds. The van der Waals surface area contributed by atoms with Gasteiger partial charge in [0.2, 0.25) is 0 Å². The van der Waals surface area contributed by atoms with E-state index in [4.69, 9.17) is 9.29 Å². The molecule has 15 heavy (non-hydrogen) atoms. The second-order valence-corrected chi connectivity index (χ2v) is 4.98. The minimum Gasteiger partial charge on any atom is -0.396 e. The molecule has 0 spiro atoms. The summed E-state index contributed by atoms with van der Waals surface area (Å²) >= 11 is 0. The maximum absolute atomic E-state index is 11.1. The summed E-state index contributed by atoms with van der Waals surface area (Å²) in [6.07, 6.45) is 2.28. The Balaban J connectivity index is 2.18. The van der Waals surface area contributed by atoms with Crippen LogP contribution in [-0.4, -0.2) is 20.1 Å². The molecule has 1 aromatic rings. The van der Waals surface area contributed by atoms with E-state index in [2.05, 4.69) is 0 Å². The third-order valence-electron chi connectivity index (χ3n) is 2.38. The zero-order valence-electron chi connectivity index (χ0n) is 8.14. The number of aliphatic hydroxyl groups is 1. The maximum Gasteiger partial charge on any atom is 0.343 e. The molecule has 1 N–H and O–H groups in total. The van der Waals surface area contributed by atoms with Crippen LogP contribution in [0.5, 0.6) is 5.75 Å². The summed E-state index contributed by atoms with van der Waals surface area (Å²) in [5.41, 5.74) is 0.899. The van der Waals surface area contributed by atoms with E-state index in [1.165, 1.54) is 0 Å². The zero-order valence-corrected chi connectivity index (χ0v) is 8.96. The summed E-state index contributed by atoms with van der Waals surface area (Å²) in [6.45, 7) is 0.161. The number of aliphatic hydroxyl groups excluding tert-OH is 1. The van der Waals surface area contributed by atoms with Crippen molar-refractivity contribution in [3.8, 4) is 5.75 Å². The molecule has 0 radical (unpaired) electrons. The lowest BCUT2D eigenvalue weighted by Gasteiger charge is -2.22. The van der Waals surface area contributed by atoms with Crippen LogP contribution in [0.25, 0.3) is 0 Å². The van der Waals surface area contributed by atoms with E-state index in [1.807, 2.05) is 6.07 Å². The van der Waals surface area contributed by atoms with Gasteiger partial charge in [-0.25, -0.2) is 0 Å². The standard InChI is InChI=1S/C10H12O4S/c11-7-2-1-4-8-5-3-6-9-10(8)14-15(9,12)13/h3,5-6,11H,1-2,4,7H2. The van der Waals surface area contributed by atoms with Gasteiger partial charge >= 0.3 is 10.1 Å². The topological polar surface area (TPSA) is 63.6 Å². The third kappa shape index (κ3) is 1.85. The van der Waals surface area contributed by atoms with Gasteiger partial charge in [0.05, 0.1) is 0 Å². The number of rotatable bonds is 4. The van der Waals surface area contributed by atoms with E-state index in [1.54, 1.807) is 12.1 Å². The molecule has 82 valence electrons. The quantitative estimate of drug-likeness (QED) is 0.618. The Morgan fingerprint density at radius 3 is 2.73 bits per heavy atom. The fourth-order valence-corrected chi connectivity index (χ4v) is 2.63. The SMILES string of the molecule is O=S1(=O)Oc2c(CCCCO)cccc21. The van der Waals surface area contributed by atoms with E-state index in [-0.39, 0.29) is 11.5 Å². The van der Waals surface area contributed by atoms with Gasteiger partial charge in [-0.3, -0.25) is 0 Å². The van der Waals surface area contributed by atoms with Crippen molar-refractivity contribution in [2.75, 3.05) is 6.61 Å². The molecule has 0 aliphatic carbocycles. The Labute approximate surface area is 88.6 Å². The summed E-state index contributed by atoms with van der Waals surface area (Å²) in [7, 11) is -3.44. The summed E-state index contributed by atoms with van der Waals surface area (Å²) in [4.78, 5) is 0.281. The van der Waals surface area contributed by atoms with Gasteiger partial charge in [-0.15, -0.1) is 0 Å². The molecule has 1 heterocycles. The molecular formula is C10H12O4S. The van der Waals surface area contributed by atoms with Crippen LogP contribution in [0.15, 0.2) is 23.1 Å². The van der Waals surface area contributed by atoms with Crippen LogP contribution in [-0.2, 0) is 16.5 Å². The number of unbranched alkanes of at least 4 members (excludes halogenated alkanes) is 1. The predicted octanol–water partition coefficient (Wildman–Crippen LogP) is 1.08. The van der Waals surface area contributed by atoms with Crippen LogP contribution in [0, 0.1) is 0 Å². The van der Waals surface area contributed by atoms with Crippen LogP contribution in [0.4, 0.5) is 0 Å². The van der Waals surface area contributed by atoms with Crippen molar-refractivity contribution in [3.05, 3.63) is 23.8 Å². The van der Waals surface area contributed by atoms with Crippen LogP contribution in [0.2, 0.25) is 0 Å². The summed E-state index contributed by atoms with van der Waals surface area (Å²) in [5.74, 6) is 0.482. The average molecular weight is 228 g/mol. The highest BCUT2D eigenvalue weighted by molar-refractivity contribution is 7.88. The number of hydrogen-bond acceptors (Lipinski definition) is 4. The Morgan fingerprint density at radius 1 is 1.27 bits per heavy atom. The van der Waals surface area contributed by atoms with E-state index < -0.39 is 10.1 Å². The molecule has 0 atom stereocenters. The van der Waals surface area contributed by atoms with Crippen molar-refractivity contribution in [3.63, 3.8) is 0 Å². The van der Waals surface area contributed by atoms with Crippen molar-refractivity contribution in [1.29, 1.82) is 0 Å². The summed E-state index contributed by atoms with van der Waals surface area (Å²) in [5, 5.41) is 8.64. The van der Waals surface area contributed by atoms with Gasteiger partial charge in [0.15, 0.2) is 5.75 Å². The molecule has 4 nitrogen and oxygen atoms in total. The summed E-state index contributed by atoms with van der Waals surface area (Å²) < 4.78 is 27.0. The smallest absolute Gasteiger partial charge is 0.343 e. The Kier molecular flexibility index (Phi) is 2.67. The molecule has 1 aliphatic rings. The minimum atomic E-state index is -3.44. The first-order valence-corrected chi connectivity index (χ1v) is 6.23. The number of fused-ring (bicyclic) bond motifs is 1. The molecule has 0 saturated heterocycles. The van der Waals surface area contributed by atoms with Gasteiger partial charge < -0.3 is 9.29 Å². The lowest BCUT2D eigenvalue weighted by atomic mass is 10.1. The number of para-hydroxylation sites is 1. The van der Waals surface area contributed by atoms with Crippen LogP contribution < -0.4 is 4.18 Å². The van der Waals surface area contributed by atoms with Gasteiger partial charge in [0, 0.05) is 6.61 Å². The first kappa shape index (κ1) is 10.4. The van der Waals surface area contributed by atoms with Gasteiger partial charge in [0.25, 0.3) is 0 Å². The number of hydrogen-bond donors (Lipinski definition) is 1. The lowest BCUT2D eigenvalue weighted by molar-refractivity contribution is 0.284. The molecular weight excluding hydrogens is 216 g/mol. The van der Waals surface area contributed by atoms with Gasteiger partial charge in [-0.05, 0) is 30.9 Å². The van der Waals surface area contributed by atoms with Crippen LogP contribution in [0.3, 0.4) is 0 Å². The van der Waals surface area contributed by atoms with E-state index in [9.17, 15) is 8.42 Å². The van der Waals surface area contributed by atoms with Gasteiger partial charge in [-0.2, -0.15) is 8.42 Å². The van der Waals surface area contributed by atoms with Gasteiger partial charge in [0.1, 0.15) is 4.90 Å². The zero-order chi connectivity index (χ0) is 10.9. The Hall–Kier alpha value is -1.07. The first-order chi connectivity index (χ1) is 7.15. The fourth-order valence-electron chi connectivity index (χ4n) is 1.60. The van der Waals surface area contributed by atoms with Crippen molar-refractivity contribution in [2.45, 2.75) is 24.2 Å². The molecule has 1 aromatic carbocycles. The first-order valence-electron chi connectivity index (χ1n) is 4.82. The Morgan fingerprint density at radius 2 is 2.07 bits per heavy atom. The second-order valence-electron chi connectivity index (χ2n) is 3.46. The van der Waals surface area contributed by atoms with E-state index in [0.717, 1.165) is 24.8 Å². The fraction of sp³-hybridized carbons (Fsp3) is 0.400. The second kappa shape index (κ2) is 3.83. The molecule has 0 bridgehead atoms. The maximum atomic E-state index is 11.1. The molecule has 1 aliphatic heterocycles. The van der Waals surface area contributed by atoms with Crippen LogP contribution in [0.1, 0.15) is 18.4 Å². The predicted molar refractivity (Wildman–Crippen MR) is 54.3 cm³/mol. The van der Waals surface area contributed by atoms with Crippen molar-refractivity contribution >= 4 is 10.1 Å². The Bertz CT molecular complexity index is 464. The molecule has 0 aromatic heterocycles. The lowest BCUT2D eigenvalue weighted by Crippen LogP contribution is -2.22. The minimum absolute atomic E-state index is 0.161. The van der Waals surface area contributed by atoms with Gasteiger partial charge in [-0.1, -0.05) is 12.1 Å². The van der Waals surface area contributed by atoms with Crippen LogP contribution >= 0.6 is 0 Å². The molecule has 0 fully saturated rings. The summed E-state index contributed by atoms with van der Waals surface area (Å²) in [6, 6.07) is 5.11. The molecule has 0 saturated carbocycles. The highest BCUT2D eigenvalue weighted by Crippen LogP contribution is 2.39.